The van der Waals surface area contributed by atoms with Gasteiger partial charge in [-0.1, -0.05) is 77.9 Å². The van der Waals surface area contributed by atoms with Gasteiger partial charge in [0.2, 0.25) is 0 Å². The minimum atomic E-state index is -0.250. The van der Waals surface area contributed by atoms with Crippen molar-refractivity contribution in [3.05, 3.63) is 78.8 Å². The van der Waals surface area contributed by atoms with Gasteiger partial charge in [-0.25, -0.2) is 0 Å². The minimum Gasteiger partial charge on any atom is -0.355 e. The molecule has 0 amide bonds. The molecule has 5 aromatic rings. The first kappa shape index (κ1) is 9.11. The first-order valence-electron chi connectivity index (χ1n) is 9.34. The van der Waals surface area contributed by atoms with E-state index in [4.69, 9.17) is 10.0 Å². The average Bonchev–Trinajstić information content (AvgIpc) is 3.14. The highest BCUT2D eigenvalue weighted by molar-refractivity contribution is 6.19. The normalized spacial score (nSPS) is 13.9. The molecule has 5 rings (SSSR count). The summed E-state index contributed by atoms with van der Waals surface area (Å²) >= 11 is 0. The summed E-state index contributed by atoms with van der Waals surface area (Å²) in [5.74, 6) is 0. The van der Waals surface area contributed by atoms with Crippen molar-refractivity contribution < 1.29 is 10.0 Å². The molecule has 2 nitrogen and oxygen atoms in total. The summed E-state index contributed by atoms with van der Waals surface area (Å²) in [5.41, 5.74) is 2.17. The van der Waals surface area contributed by atoms with Crippen molar-refractivity contribution in [2.75, 3.05) is 0 Å². The molecule has 0 fully saturated rings. The van der Waals surface area contributed by atoms with Gasteiger partial charge in [-0.15, -0.1) is 0 Å². The summed E-state index contributed by atoms with van der Waals surface area (Å²) in [6.45, 7) is 0. The molecule has 1 aromatic heterocycles. The zero-order valence-electron chi connectivity index (χ0n) is 16.1. The van der Waals surface area contributed by atoms with Gasteiger partial charge in [-0.2, -0.15) is 0 Å². The third-order valence-corrected chi connectivity index (χ3v) is 4.12. The van der Waals surface area contributed by atoms with Gasteiger partial charge < -0.3 is 4.52 Å². The van der Waals surface area contributed by atoms with Crippen LogP contribution in [0.3, 0.4) is 0 Å². The number of fused-ring (bicyclic) bond motifs is 5. The van der Waals surface area contributed by atoms with Crippen molar-refractivity contribution in [1.29, 1.82) is 0 Å². The van der Waals surface area contributed by atoms with Crippen LogP contribution in [0, 0.1) is 0 Å². The Balaban J connectivity index is 1.99. The van der Waals surface area contributed by atoms with Gasteiger partial charge in [0.1, 0.15) is 5.69 Å². The molecule has 2 heteroatoms. The molecule has 1 heterocycles. The quantitative estimate of drug-likeness (QED) is 0.365. The fraction of sp³-hybridized carbons (Fsp3) is 0. The molecule has 0 radical (unpaired) electrons. The van der Waals surface area contributed by atoms with Crippen LogP contribution < -0.4 is 0 Å². The number of aromatic nitrogens is 1. The second-order valence-corrected chi connectivity index (χ2v) is 5.43. The molecule has 0 saturated heterocycles. The maximum atomic E-state index is 8.40. The number of rotatable bonds is 1. The Labute approximate surface area is 138 Å². The SMILES string of the molecule is [2H]c1c([2H])c([2H])c2c(ccc3ccc4c(-c5ccccc5)noc4c32)c1[2H]. The zero-order valence-corrected chi connectivity index (χ0v) is 12.1. The topological polar surface area (TPSA) is 26.0 Å². The fourth-order valence-corrected chi connectivity index (χ4v) is 3.04. The van der Waals surface area contributed by atoms with Crippen molar-refractivity contribution in [1.82, 2.24) is 5.16 Å². The number of nitrogens with zero attached hydrogens (tertiary/aromatic N) is 1. The van der Waals surface area contributed by atoms with Crippen molar-refractivity contribution in [2.24, 2.45) is 0 Å². The largest absolute Gasteiger partial charge is 0.355 e. The molecule has 23 heavy (non-hydrogen) atoms. The van der Waals surface area contributed by atoms with Crippen LogP contribution in [-0.2, 0) is 0 Å². The molecule has 0 N–H and O–H groups in total. The summed E-state index contributed by atoms with van der Waals surface area (Å²) in [4.78, 5) is 0. The summed E-state index contributed by atoms with van der Waals surface area (Å²) in [5, 5.41) is 7.49. The molecular weight excluding hydrogens is 282 g/mol. The Bertz CT molecular complexity index is 1360. The number of hydrogen-bond acceptors (Lipinski definition) is 2. The highest BCUT2D eigenvalue weighted by atomic mass is 16.5. The molecule has 108 valence electrons. The lowest BCUT2D eigenvalue weighted by atomic mass is 9.99. The van der Waals surface area contributed by atoms with E-state index in [-0.39, 0.29) is 24.2 Å². The molecule has 0 aliphatic heterocycles. The highest BCUT2D eigenvalue weighted by Crippen LogP contribution is 2.36. The predicted octanol–water partition coefficient (Wildman–Crippen LogP) is 5.80. The molecule has 0 bridgehead atoms. The lowest BCUT2D eigenvalue weighted by Crippen LogP contribution is -1.80. The average molecular weight is 299 g/mol. The van der Waals surface area contributed by atoms with E-state index in [2.05, 4.69) is 5.16 Å². The third-order valence-electron chi connectivity index (χ3n) is 4.12. The lowest BCUT2D eigenvalue weighted by Gasteiger charge is -2.04. The van der Waals surface area contributed by atoms with Crippen molar-refractivity contribution >= 4 is 32.5 Å². The second kappa shape index (κ2) is 4.68. The van der Waals surface area contributed by atoms with Gasteiger partial charge in [0, 0.05) is 10.9 Å². The highest BCUT2D eigenvalue weighted by Gasteiger charge is 2.14. The molecular formula is C21H13NO. The molecule has 4 aromatic carbocycles. The van der Waals surface area contributed by atoms with Crippen LogP contribution in [0.25, 0.3) is 43.8 Å². The summed E-state index contributed by atoms with van der Waals surface area (Å²) in [7, 11) is 0. The van der Waals surface area contributed by atoms with E-state index < -0.39 is 0 Å². The maximum Gasteiger partial charge on any atom is 0.175 e. The number of benzene rings is 4. The first-order valence-corrected chi connectivity index (χ1v) is 7.34. The third kappa shape index (κ3) is 1.78. The second-order valence-electron chi connectivity index (χ2n) is 5.43. The van der Waals surface area contributed by atoms with Gasteiger partial charge in [-0.05, 0) is 22.2 Å². The summed E-state index contributed by atoms with van der Waals surface area (Å²) < 4.78 is 38.3. The van der Waals surface area contributed by atoms with Crippen molar-refractivity contribution in [2.45, 2.75) is 0 Å². The van der Waals surface area contributed by atoms with E-state index in [0.29, 0.717) is 27.4 Å². The van der Waals surface area contributed by atoms with Crippen LogP contribution in [0.1, 0.15) is 5.48 Å². The fourth-order valence-electron chi connectivity index (χ4n) is 3.04. The number of hydrogen-bond donors (Lipinski definition) is 0. The summed E-state index contributed by atoms with van der Waals surface area (Å²) in [6.07, 6.45) is 0. The van der Waals surface area contributed by atoms with Crippen molar-refractivity contribution in [3.8, 4) is 11.3 Å². The molecule has 0 saturated carbocycles. The minimum absolute atomic E-state index is 0.0484. The van der Waals surface area contributed by atoms with Gasteiger partial charge in [0.25, 0.3) is 0 Å². The summed E-state index contributed by atoms with van der Waals surface area (Å²) in [6, 6.07) is 16.6. The monoisotopic (exact) mass is 299 g/mol. The van der Waals surface area contributed by atoms with Crippen LogP contribution in [0.2, 0.25) is 0 Å². The standard InChI is InChI=1S/C21H13NO/c1-2-7-16(8-3-1)20-18-13-12-15-11-10-14-6-4-5-9-17(14)19(15)21(18)23-22-20/h1-13H/i4D,5D,6D,9D. The predicted molar refractivity (Wildman–Crippen MR) is 94.5 cm³/mol. The molecule has 0 unspecified atom stereocenters. The smallest absolute Gasteiger partial charge is 0.175 e. The van der Waals surface area contributed by atoms with Crippen LogP contribution in [0.5, 0.6) is 0 Å². The maximum absolute atomic E-state index is 8.40. The Morgan fingerprint density at radius 1 is 0.783 bits per heavy atom. The van der Waals surface area contributed by atoms with Gasteiger partial charge >= 0.3 is 0 Å². The van der Waals surface area contributed by atoms with Gasteiger partial charge in [0.05, 0.1) is 10.9 Å². The first-order chi connectivity index (χ1) is 13.1. The van der Waals surface area contributed by atoms with E-state index in [9.17, 15) is 0 Å². The van der Waals surface area contributed by atoms with E-state index in [1.54, 1.807) is 6.07 Å². The molecule has 0 aliphatic rings. The molecule has 0 atom stereocenters. The van der Waals surface area contributed by atoms with Crippen LogP contribution >= 0.6 is 0 Å². The Morgan fingerprint density at radius 3 is 2.48 bits per heavy atom. The Kier molecular flexibility index (Phi) is 1.85. The van der Waals surface area contributed by atoms with Crippen LogP contribution in [-0.4, -0.2) is 5.16 Å². The van der Waals surface area contributed by atoms with E-state index in [1.807, 2.05) is 48.5 Å². The van der Waals surface area contributed by atoms with E-state index >= 15 is 0 Å². The van der Waals surface area contributed by atoms with E-state index in [1.165, 1.54) is 0 Å². The lowest BCUT2D eigenvalue weighted by molar-refractivity contribution is 0.462. The van der Waals surface area contributed by atoms with Crippen LogP contribution in [0.4, 0.5) is 0 Å². The zero-order chi connectivity index (χ0) is 18.7. The van der Waals surface area contributed by atoms with Crippen molar-refractivity contribution in [3.63, 3.8) is 0 Å². The van der Waals surface area contributed by atoms with Crippen LogP contribution in [0.15, 0.2) is 83.3 Å². The molecule has 0 spiro atoms. The van der Waals surface area contributed by atoms with Gasteiger partial charge in [0.15, 0.2) is 5.58 Å². The molecule has 0 aliphatic carbocycles. The Morgan fingerprint density at radius 2 is 1.57 bits per heavy atom. The van der Waals surface area contributed by atoms with E-state index in [0.717, 1.165) is 16.3 Å². The Hall–Kier alpha value is -3.13. The van der Waals surface area contributed by atoms with Gasteiger partial charge in [-0.3, -0.25) is 0 Å².